The van der Waals surface area contributed by atoms with Crippen LogP contribution in [0.2, 0.25) is 0 Å². The zero-order valence-electron chi connectivity index (χ0n) is 14.8. The Morgan fingerprint density at radius 3 is 2.58 bits per heavy atom. The van der Waals surface area contributed by atoms with Crippen molar-refractivity contribution in [2.24, 2.45) is 10.9 Å². The molecule has 1 aliphatic heterocycles. The van der Waals surface area contributed by atoms with Crippen molar-refractivity contribution in [3.8, 4) is 11.5 Å². The average Bonchev–Trinajstić information content (AvgIpc) is 2.62. The molecule has 24 heavy (non-hydrogen) atoms. The second-order valence-corrected chi connectivity index (χ2v) is 6.04. The molecule has 134 valence electrons. The molecule has 0 atom stereocenters. The molecule has 1 aromatic rings. The van der Waals surface area contributed by atoms with E-state index in [0.717, 1.165) is 18.5 Å². The second-order valence-electron chi connectivity index (χ2n) is 6.04. The highest BCUT2D eigenvalue weighted by atomic mass is 16.6. The fourth-order valence-electron chi connectivity index (χ4n) is 2.90. The third-order valence-electron chi connectivity index (χ3n) is 4.17. The minimum atomic E-state index is 0.459. The van der Waals surface area contributed by atoms with Gasteiger partial charge in [-0.25, -0.2) is 0 Å². The van der Waals surface area contributed by atoms with Gasteiger partial charge < -0.3 is 24.9 Å². The largest absolute Gasteiger partial charge is 0.493 e. The minimum Gasteiger partial charge on any atom is -0.493 e. The summed E-state index contributed by atoms with van der Waals surface area (Å²) in [5, 5.41) is 4.00. The van der Waals surface area contributed by atoms with E-state index in [1.54, 1.807) is 14.2 Å². The van der Waals surface area contributed by atoms with Crippen LogP contribution in [0, 0.1) is 0 Å². The first-order valence-corrected chi connectivity index (χ1v) is 8.60. The van der Waals surface area contributed by atoms with E-state index in [0.29, 0.717) is 30.4 Å². The van der Waals surface area contributed by atoms with Crippen LogP contribution in [0.5, 0.6) is 11.5 Å². The van der Waals surface area contributed by atoms with Crippen LogP contribution in [0.4, 0.5) is 0 Å². The Kier molecular flexibility index (Phi) is 7.68. The van der Waals surface area contributed by atoms with Gasteiger partial charge in [0.1, 0.15) is 12.4 Å². The monoisotopic (exact) mass is 335 g/mol. The number of rotatable bonds is 9. The Bertz CT molecular complexity index is 528. The molecule has 0 saturated carbocycles. The van der Waals surface area contributed by atoms with Crippen LogP contribution in [0.3, 0.4) is 0 Å². The summed E-state index contributed by atoms with van der Waals surface area (Å²) in [5.74, 6) is 1.84. The summed E-state index contributed by atoms with van der Waals surface area (Å²) in [7, 11) is 3.23. The molecule has 0 bridgehead atoms. The summed E-state index contributed by atoms with van der Waals surface area (Å²) in [6.45, 7) is 4.10. The number of methoxy groups -OCH3 is 2. The summed E-state index contributed by atoms with van der Waals surface area (Å²) >= 11 is 0. The summed E-state index contributed by atoms with van der Waals surface area (Å²) in [6.07, 6.45) is 5.50. The summed E-state index contributed by atoms with van der Waals surface area (Å²) < 4.78 is 10.5. The zero-order chi connectivity index (χ0) is 17.2. The lowest BCUT2D eigenvalue weighted by Crippen LogP contribution is -2.31. The van der Waals surface area contributed by atoms with Gasteiger partial charge in [-0.15, -0.1) is 0 Å². The predicted octanol–water partition coefficient (Wildman–Crippen LogP) is 2.41. The van der Waals surface area contributed by atoms with Gasteiger partial charge in [-0.1, -0.05) is 17.6 Å². The van der Waals surface area contributed by atoms with Crippen molar-refractivity contribution in [2.45, 2.75) is 32.1 Å². The lowest BCUT2D eigenvalue weighted by molar-refractivity contribution is 0.123. The Morgan fingerprint density at radius 1 is 1.12 bits per heavy atom. The van der Waals surface area contributed by atoms with E-state index in [9.17, 15) is 0 Å². The van der Waals surface area contributed by atoms with Crippen molar-refractivity contribution in [2.75, 3.05) is 40.5 Å². The van der Waals surface area contributed by atoms with E-state index in [1.165, 1.54) is 32.4 Å². The van der Waals surface area contributed by atoms with E-state index in [1.807, 2.05) is 18.2 Å². The number of piperidine rings is 1. The average molecular weight is 335 g/mol. The van der Waals surface area contributed by atoms with Gasteiger partial charge in [0.25, 0.3) is 0 Å². The molecule has 1 aliphatic rings. The number of amidine groups is 1. The summed E-state index contributed by atoms with van der Waals surface area (Å²) in [5.41, 5.74) is 6.94. The number of benzene rings is 1. The number of nitrogens with zero attached hydrogens (tertiary/aromatic N) is 2. The SMILES string of the molecule is COc1ccc(C/C(N)=N\OCCCN2CCCCC2)cc1OC. The normalized spacial score (nSPS) is 16.0. The molecule has 2 N–H and O–H groups in total. The van der Waals surface area contributed by atoms with Crippen LogP contribution in [0.25, 0.3) is 0 Å². The number of hydrogen-bond donors (Lipinski definition) is 1. The van der Waals surface area contributed by atoms with Crippen LogP contribution in [0.15, 0.2) is 23.4 Å². The second kappa shape index (κ2) is 10.0. The molecule has 1 saturated heterocycles. The van der Waals surface area contributed by atoms with Crippen LogP contribution in [0.1, 0.15) is 31.2 Å². The quantitative estimate of drug-likeness (QED) is 0.325. The van der Waals surface area contributed by atoms with E-state index >= 15 is 0 Å². The molecular formula is C18H29N3O3. The van der Waals surface area contributed by atoms with E-state index < -0.39 is 0 Å². The third-order valence-corrected chi connectivity index (χ3v) is 4.17. The Balaban J connectivity index is 1.71. The Labute approximate surface area is 144 Å². The Morgan fingerprint density at radius 2 is 1.88 bits per heavy atom. The molecule has 6 nitrogen and oxygen atoms in total. The molecule has 6 heteroatoms. The molecule has 1 aromatic carbocycles. The van der Waals surface area contributed by atoms with E-state index in [2.05, 4.69) is 10.1 Å². The lowest BCUT2D eigenvalue weighted by atomic mass is 10.1. The maximum absolute atomic E-state index is 5.94. The highest BCUT2D eigenvalue weighted by molar-refractivity contribution is 5.82. The first kappa shape index (κ1) is 18.4. The van der Waals surface area contributed by atoms with Crippen LogP contribution >= 0.6 is 0 Å². The first-order valence-electron chi connectivity index (χ1n) is 8.60. The maximum atomic E-state index is 5.94. The van der Waals surface area contributed by atoms with Gasteiger partial charge in [-0.2, -0.15) is 0 Å². The van der Waals surface area contributed by atoms with Crippen molar-refractivity contribution in [1.82, 2.24) is 4.90 Å². The molecule has 0 amide bonds. The molecule has 1 heterocycles. The minimum absolute atomic E-state index is 0.459. The fourth-order valence-corrected chi connectivity index (χ4v) is 2.90. The lowest BCUT2D eigenvalue weighted by Gasteiger charge is -2.25. The molecule has 1 fully saturated rings. The number of oxime groups is 1. The maximum Gasteiger partial charge on any atom is 0.161 e. The van der Waals surface area contributed by atoms with Crippen molar-refractivity contribution in [3.63, 3.8) is 0 Å². The molecule has 0 aromatic heterocycles. The van der Waals surface area contributed by atoms with Gasteiger partial charge >= 0.3 is 0 Å². The van der Waals surface area contributed by atoms with Crippen molar-refractivity contribution in [1.29, 1.82) is 0 Å². The summed E-state index contributed by atoms with van der Waals surface area (Å²) in [6, 6.07) is 5.71. The Hall–Kier alpha value is -1.95. The van der Waals surface area contributed by atoms with Gasteiger partial charge in [0.2, 0.25) is 0 Å². The van der Waals surface area contributed by atoms with Gasteiger partial charge in [0, 0.05) is 13.0 Å². The molecule has 2 rings (SSSR count). The van der Waals surface area contributed by atoms with Crippen molar-refractivity contribution >= 4 is 5.84 Å². The molecule has 0 radical (unpaired) electrons. The predicted molar refractivity (Wildman–Crippen MR) is 95.7 cm³/mol. The van der Waals surface area contributed by atoms with Crippen LogP contribution < -0.4 is 15.2 Å². The molecular weight excluding hydrogens is 306 g/mol. The van der Waals surface area contributed by atoms with Crippen LogP contribution in [-0.4, -0.2) is 51.2 Å². The highest BCUT2D eigenvalue weighted by Gasteiger charge is 2.09. The zero-order valence-corrected chi connectivity index (χ0v) is 14.8. The number of ether oxygens (including phenoxy) is 2. The molecule has 0 spiro atoms. The molecule has 0 aliphatic carbocycles. The fraction of sp³-hybridized carbons (Fsp3) is 0.611. The standard InChI is InChI=1S/C18H29N3O3/c1-22-16-8-7-15(13-17(16)23-2)14-18(19)20-24-12-6-11-21-9-4-3-5-10-21/h7-8,13H,3-6,9-12,14H2,1-2H3,(H2,19,20). The van der Waals surface area contributed by atoms with Gasteiger partial charge in [-0.3, -0.25) is 0 Å². The van der Waals surface area contributed by atoms with Gasteiger partial charge in [0.15, 0.2) is 11.5 Å². The number of likely N-dealkylation sites (tertiary alicyclic amines) is 1. The van der Waals surface area contributed by atoms with Gasteiger partial charge in [0.05, 0.1) is 14.2 Å². The van der Waals surface area contributed by atoms with E-state index in [4.69, 9.17) is 20.0 Å². The third kappa shape index (κ3) is 5.92. The first-order chi connectivity index (χ1) is 11.7. The highest BCUT2D eigenvalue weighted by Crippen LogP contribution is 2.27. The van der Waals surface area contributed by atoms with Crippen molar-refractivity contribution in [3.05, 3.63) is 23.8 Å². The number of hydrogen-bond acceptors (Lipinski definition) is 5. The van der Waals surface area contributed by atoms with E-state index in [-0.39, 0.29) is 0 Å². The molecule has 0 unspecified atom stereocenters. The topological polar surface area (TPSA) is 69.3 Å². The number of nitrogens with two attached hydrogens (primary N) is 1. The van der Waals surface area contributed by atoms with Gasteiger partial charge in [-0.05, 0) is 50.0 Å². The van der Waals surface area contributed by atoms with Crippen molar-refractivity contribution < 1.29 is 14.3 Å². The summed E-state index contributed by atoms with van der Waals surface area (Å²) in [4.78, 5) is 7.83. The van der Waals surface area contributed by atoms with Crippen LogP contribution in [-0.2, 0) is 11.3 Å². The smallest absolute Gasteiger partial charge is 0.161 e.